The molecule has 1 aromatic heterocycles. The number of aromatic amines is 1. The smallest absolute Gasteiger partial charge is 0.150 e. The van der Waals surface area contributed by atoms with Crippen molar-refractivity contribution in [1.82, 2.24) is 20.8 Å². The number of H-pyrrole nitrogens is 1. The number of hydrogen-bond acceptors (Lipinski definition) is 5. The first kappa shape index (κ1) is 22.6. The Bertz CT molecular complexity index is 937. The fraction of sp³-hybridized carbons (Fsp3) is 0.360. The average Bonchev–Trinajstić information content (AvgIpc) is 3.45. The van der Waals surface area contributed by atoms with E-state index in [1.165, 1.54) is 19.3 Å². The lowest BCUT2D eigenvalue weighted by molar-refractivity contribution is 0.112. The van der Waals surface area contributed by atoms with E-state index in [1.54, 1.807) is 18.3 Å². The Morgan fingerprint density at radius 3 is 2.81 bits per heavy atom. The van der Waals surface area contributed by atoms with Gasteiger partial charge in [0.2, 0.25) is 0 Å². The maximum atomic E-state index is 10.9. The molecule has 6 nitrogen and oxygen atoms in total. The Labute approximate surface area is 184 Å². The molecule has 6 heteroatoms. The van der Waals surface area contributed by atoms with Gasteiger partial charge in [0.05, 0.1) is 12.8 Å². The maximum Gasteiger partial charge on any atom is 0.150 e. The van der Waals surface area contributed by atoms with Gasteiger partial charge >= 0.3 is 0 Å². The molecule has 1 aromatic carbocycles. The molecule has 0 bridgehead atoms. The largest absolute Gasteiger partial charge is 0.492 e. The number of benzene rings is 1. The van der Waals surface area contributed by atoms with Gasteiger partial charge in [0.1, 0.15) is 12.0 Å². The minimum atomic E-state index is 0.652. The number of carbonyl (C=O) groups is 1. The van der Waals surface area contributed by atoms with E-state index in [0.29, 0.717) is 18.7 Å². The van der Waals surface area contributed by atoms with E-state index in [-0.39, 0.29) is 0 Å². The third-order valence-corrected chi connectivity index (χ3v) is 5.74. The Hall–Kier alpha value is -3.12. The topological polar surface area (TPSA) is 79.0 Å². The fourth-order valence-corrected chi connectivity index (χ4v) is 3.61. The minimum absolute atomic E-state index is 0.652. The van der Waals surface area contributed by atoms with E-state index in [0.717, 1.165) is 52.5 Å². The van der Waals surface area contributed by atoms with Crippen molar-refractivity contribution in [3.63, 3.8) is 0 Å². The van der Waals surface area contributed by atoms with Gasteiger partial charge in [-0.25, -0.2) is 0 Å². The first-order chi connectivity index (χ1) is 15.2. The van der Waals surface area contributed by atoms with Crippen LogP contribution in [0.2, 0.25) is 0 Å². The molecule has 2 aliphatic rings. The zero-order valence-corrected chi connectivity index (χ0v) is 18.4. The Morgan fingerprint density at radius 1 is 1.39 bits per heavy atom. The highest BCUT2D eigenvalue weighted by Gasteiger charge is 2.22. The second-order valence-corrected chi connectivity index (χ2v) is 7.77. The highest BCUT2D eigenvalue weighted by atomic mass is 16.5. The summed E-state index contributed by atoms with van der Waals surface area (Å²) < 4.78 is 5.87. The molecule has 1 saturated carbocycles. The molecule has 2 heterocycles. The van der Waals surface area contributed by atoms with Crippen LogP contribution in [0.25, 0.3) is 5.57 Å². The van der Waals surface area contributed by atoms with Gasteiger partial charge in [-0.15, -0.1) is 0 Å². The molecule has 31 heavy (non-hydrogen) atoms. The molecular formula is C25H32N4O2. The molecule has 1 aliphatic heterocycles. The van der Waals surface area contributed by atoms with E-state index in [4.69, 9.17) is 4.74 Å². The van der Waals surface area contributed by atoms with Gasteiger partial charge in [0.15, 0.2) is 0 Å². The van der Waals surface area contributed by atoms with E-state index in [2.05, 4.69) is 27.4 Å². The van der Waals surface area contributed by atoms with Crippen molar-refractivity contribution >= 4 is 11.9 Å². The summed E-state index contributed by atoms with van der Waals surface area (Å²) in [5, 5.41) is 13.5. The zero-order valence-electron chi connectivity index (χ0n) is 18.4. The van der Waals surface area contributed by atoms with Crippen LogP contribution in [0.5, 0.6) is 0 Å². The second kappa shape index (κ2) is 11.3. The van der Waals surface area contributed by atoms with Crippen LogP contribution in [0.4, 0.5) is 0 Å². The summed E-state index contributed by atoms with van der Waals surface area (Å²) in [6.07, 6.45) is 11.3. The SMILES string of the molecule is C=C/C(=C1/OCC/C1=C(/C)NCc1cccc(C=O)c1)c1cn[nH]c1.CNC1CCC1. The van der Waals surface area contributed by atoms with Gasteiger partial charge in [0, 0.05) is 53.2 Å². The average molecular weight is 421 g/mol. The van der Waals surface area contributed by atoms with Crippen LogP contribution >= 0.6 is 0 Å². The molecular weight excluding hydrogens is 388 g/mol. The molecule has 1 aliphatic carbocycles. The summed E-state index contributed by atoms with van der Waals surface area (Å²) in [6.45, 7) is 7.26. The monoisotopic (exact) mass is 420 g/mol. The third kappa shape index (κ3) is 5.95. The van der Waals surface area contributed by atoms with E-state index < -0.39 is 0 Å². The lowest BCUT2D eigenvalue weighted by Gasteiger charge is -2.23. The molecule has 3 N–H and O–H groups in total. The molecule has 2 aromatic rings. The molecule has 0 radical (unpaired) electrons. The number of nitrogens with one attached hydrogen (secondary N) is 3. The minimum Gasteiger partial charge on any atom is -0.492 e. The Morgan fingerprint density at radius 2 is 2.23 bits per heavy atom. The molecule has 0 amide bonds. The van der Waals surface area contributed by atoms with Crippen LogP contribution in [-0.2, 0) is 11.3 Å². The van der Waals surface area contributed by atoms with Gasteiger partial charge in [-0.2, -0.15) is 5.10 Å². The predicted molar refractivity (Wildman–Crippen MR) is 124 cm³/mol. The predicted octanol–water partition coefficient (Wildman–Crippen LogP) is 4.36. The standard InChI is InChI=1S/C20H21N3O2.C5H11N/c1-3-18(17-11-22-23-12-17)20-19(7-8-25-20)14(2)21-10-15-5-4-6-16(9-15)13-24;1-6-5-3-2-4-5/h3-6,9,11-13,21H,1,7-8,10H2,2H3,(H,22,23);5-6H,2-4H2,1H3/b19-14+,20-18-;. The van der Waals surface area contributed by atoms with Crippen LogP contribution < -0.4 is 10.6 Å². The van der Waals surface area contributed by atoms with Crippen LogP contribution in [0.1, 0.15) is 54.1 Å². The number of allylic oxidation sites excluding steroid dienone is 4. The van der Waals surface area contributed by atoms with Crippen molar-refractivity contribution in [3.8, 4) is 0 Å². The fourth-order valence-electron chi connectivity index (χ4n) is 3.61. The van der Waals surface area contributed by atoms with Crippen LogP contribution in [0.15, 0.2) is 66.3 Å². The summed E-state index contributed by atoms with van der Waals surface area (Å²) in [7, 11) is 2.03. The Kier molecular flexibility index (Phi) is 8.24. The zero-order chi connectivity index (χ0) is 22.1. The summed E-state index contributed by atoms with van der Waals surface area (Å²) in [5.41, 5.74) is 5.84. The summed E-state index contributed by atoms with van der Waals surface area (Å²) in [5.74, 6) is 0.850. The van der Waals surface area contributed by atoms with E-state index >= 15 is 0 Å². The highest BCUT2D eigenvalue weighted by Crippen LogP contribution is 2.33. The number of carbonyl (C=O) groups excluding carboxylic acids is 1. The first-order valence-electron chi connectivity index (χ1n) is 10.8. The number of rotatable bonds is 7. The molecule has 164 valence electrons. The number of ether oxygens (including phenoxy) is 1. The number of hydrogen-bond donors (Lipinski definition) is 3. The third-order valence-electron chi connectivity index (χ3n) is 5.74. The van der Waals surface area contributed by atoms with Crippen molar-refractivity contribution in [2.75, 3.05) is 13.7 Å². The lowest BCUT2D eigenvalue weighted by Crippen LogP contribution is -2.31. The van der Waals surface area contributed by atoms with Crippen molar-refractivity contribution in [1.29, 1.82) is 0 Å². The van der Waals surface area contributed by atoms with Gasteiger partial charge in [-0.05, 0) is 38.4 Å². The highest BCUT2D eigenvalue weighted by molar-refractivity contribution is 5.78. The normalized spacial score (nSPS) is 18.8. The van der Waals surface area contributed by atoms with Gasteiger partial charge in [0.25, 0.3) is 0 Å². The van der Waals surface area contributed by atoms with Crippen molar-refractivity contribution < 1.29 is 9.53 Å². The molecule has 2 fully saturated rings. The van der Waals surface area contributed by atoms with Crippen LogP contribution in [-0.4, -0.2) is 36.2 Å². The van der Waals surface area contributed by atoms with E-state index in [9.17, 15) is 4.79 Å². The maximum absolute atomic E-state index is 10.9. The van der Waals surface area contributed by atoms with Crippen LogP contribution in [0.3, 0.4) is 0 Å². The first-order valence-corrected chi connectivity index (χ1v) is 10.8. The Balaban J connectivity index is 0.000000391. The summed E-state index contributed by atoms with van der Waals surface area (Å²) in [6, 6.07) is 8.45. The van der Waals surface area contributed by atoms with Crippen molar-refractivity contribution in [2.45, 2.75) is 45.2 Å². The van der Waals surface area contributed by atoms with Crippen LogP contribution in [0, 0.1) is 0 Å². The molecule has 1 saturated heterocycles. The molecule has 4 rings (SSSR count). The van der Waals surface area contributed by atoms with Gasteiger partial charge in [-0.3, -0.25) is 9.89 Å². The van der Waals surface area contributed by atoms with Gasteiger partial charge < -0.3 is 15.4 Å². The summed E-state index contributed by atoms with van der Waals surface area (Å²) in [4.78, 5) is 10.9. The quantitative estimate of drug-likeness (QED) is 0.580. The lowest BCUT2D eigenvalue weighted by atomic mass is 9.94. The number of aldehydes is 1. The summed E-state index contributed by atoms with van der Waals surface area (Å²) >= 11 is 0. The molecule has 0 unspecified atom stereocenters. The van der Waals surface area contributed by atoms with Crippen molar-refractivity contribution in [2.24, 2.45) is 0 Å². The van der Waals surface area contributed by atoms with Gasteiger partial charge in [-0.1, -0.05) is 37.3 Å². The number of nitrogens with zero attached hydrogens (tertiary/aromatic N) is 1. The van der Waals surface area contributed by atoms with E-state index in [1.807, 2.05) is 38.4 Å². The number of aromatic nitrogens is 2. The van der Waals surface area contributed by atoms with Crippen molar-refractivity contribution in [3.05, 3.63) is 83.0 Å². The molecule has 0 atom stereocenters. The second-order valence-electron chi connectivity index (χ2n) is 7.77. The molecule has 0 spiro atoms.